The highest BCUT2D eigenvalue weighted by atomic mass is 16.5. The van der Waals surface area contributed by atoms with Crippen molar-refractivity contribution in [1.29, 1.82) is 0 Å². The summed E-state index contributed by atoms with van der Waals surface area (Å²) < 4.78 is 10.7. The first kappa shape index (κ1) is 15.8. The van der Waals surface area contributed by atoms with E-state index in [0.29, 0.717) is 12.4 Å². The van der Waals surface area contributed by atoms with E-state index < -0.39 is 0 Å². The fourth-order valence-corrected chi connectivity index (χ4v) is 2.36. The Morgan fingerprint density at radius 3 is 1.96 bits per heavy atom. The fraction of sp³-hybridized carbons (Fsp3) is 0.0952. The van der Waals surface area contributed by atoms with E-state index >= 15 is 0 Å². The Morgan fingerprint density at radius 2 is 1.33 bits per heavy atom. The van der Waals surface area contributed by atoms with Crippen molar-refractivity contribution in [3.63, 3.8) is 0 Å². The number of hydrogen-bond donors (Lipinski definition) is 0. The first-order valence-electron chi connectivity index (χ1n) is 7.76. The van der Waals surface area contributed by atoms with Gasteiger partial charge in [-0.3, -0.25) is 4.79 Å². The van der Waals surface area contributed by atoms with Crippen molar-refractivity contribution in [1.82, 2.24) is 0 Å². The smallest absolute Gasteiger partial charge is 0.308 e. The van der Waals surface area contributed by atoms with Gasteiger partial charge < -0.3 is 9.47 Å². The van der Waals surface area contributed by atoms with Crippen molar-refractivity contribution >= 4 is 5.97 Å². The van der Waals surface area contributed by atoms with E-state index in [9.17, 15) is 4.79 Å². The molecule has 3 aromatic carbocycles. The van der Waals surface area contributed by atoms with Gasteiger partial charge in [0.2, 0.25) is 0 Å². The lowest BCUT2D eigenvalue weighted by molar-refractivity contribution is -0.131. The number of ether oxygens (including phenoxy) is 2. The number of hydrogen-bond acceptors (Lipinski definition) is 3. The normalized spacial score (nSPS) is 10.2. The van der Waals surface area contributed by atoms with E-state index in [1.807, 2.05) is 18.2 Å². The molecule has 0 aromatic heterocycles. The molecule has 0 spiro atoms. The minimum absolute atomic E-state index is 0.331. The van der Waals surface area contributed by atoms with E-state index in [2.05, 4.69) is 36.4 Å². The van der Waals surface area contributed by atoms with Gasteiger partial charge in [0.05, 0.1) is 0 Å². The largest absolute Gasteiger partial charge is 0.489 e. The van der Waals surface area contributed by atoms with Crippen LogP contribution in [0.3, 0.4) is 0 Å². The van der Waals surface area contributed by atoms with Crippen LogP contribution in [0.25, 0.3) is 11.1 Å². The lowest BCUT2D eigenvalue weighted by atomic mass is 10.0. The van der Waals surface area contributed by atoms with E-state index in [0.717, 1.165) is 11.3 Å². The molecule has 0 bridgehead atoms. The van der Waals surface area contributed by atoms with Crippen LogP contribution in [0, 0.1) is 0 Å². The number of esters is 1. The highest BCUT2D eigenvalue weighted by Gasteiger charge is 2.01. The maximum atomic E-state index is 10.9. The Kier molecular flexibility index (Phi) is 4.92. The summed E-state index contributed by atoms with van der Waals surface area (Å²) in [5.41, 5.74) is 3.48. The molecule has 3 aromatic rings. The van der Waals surface area contributed by atoms with Gasteiger partial charge in [-0.05, 0) is 41.0 Å². The van der Waals surface area contributed by atoms with Crippen molar-refractivity contribution in [2.24, 2.45) is 0 Å². The van der Waals surface area contributed by atoms with Gasteiger partial charge in [0.15, 0.2) is 0 Å². The predicted octanol–water partition coefficient (Wildman–Crippen LogP) is 4.86. The van der Waals surface area contributed by atoms with Crippen molar-refractivity contribution < 1.29 is 14.3 Å². The quantitative estimate of drug-likeness (QED) is 0.498. The molecule has 0 saturated heterocycles. The Hall–Kier alpha value is -3.07. The Morgan fingerprint density at radius 1 is 0.750 bits per heavy atom. The van der Waals surface area contributed by atoms with Gasteiger partial charge in [-0.15, -0.1) is 0 Å². The van der Waals surface area contributed by atoms with Crippen LogP contribution in [0.1, 0.15) is 12.5 Å². The van der Waals surface area contributed by atoms with Gasteiger partial charge >= 0.3 is 5.97 Å². The first-order chi connectivity index (χ1) is 11.7. The molecule has 0 fully saturated rings. The minimum Gasteiger partial charge on any atom is -0.489 e. The highest BCUT2D eigenvalue weighted by molar-refractivity contribution is 5.69. The van der Waals surface area contributed by atoms with E-state index in [-0.39, 0.29) is 5.97 Å². The number of carbonyl (C=O) groups is 1. The number of rotatable bonds is 5. The molecular weight excluding hydrogens is 300 g/mol. The standard InChI is InChI=1S/C21H18O3/c1-16(22)24-21-13-11-20(12-14-21)23-15-17-7-9-19(10-8-17)18-5-3-2-4-6-18/h2-14H,15H2,1H3. The van der Waals surface area contributed by atoms with Gasteiger partial charge in [0, 0.05) is 6.92 Å². The van der Waals surface area contributed by atoms with Crippen LogP contribution in [0.15, 0.2) is 78.9 Å². The molecule has 120 valence electrons. The molecule has 3 rings (SSSR count). The highest BCUT2D eigenvalue weighted by Crippen LogP contribution is 2.21. The molecule has 0 aliphatic carbocycles. The summed E-state index contributed by atoms with van der Waals surface area (Å²) in [6.07, 6.45) is 0. The van der Waals surface area contributed by atoms with Crippen molar-refractivity contribution in [2.75, 3.05) is 0 Å². The van der Waals surface area contributed by atoms with Crippen molar-refractivity contribution in [2.45, 2.75) is 13.5 Å². The van der Waals surface area contributed by atoms with Crippen LogP contribution in [0.2, 0.25) is 0 Å². The van der Waals surface area contributed by atoms with E-state index in [4.69, 9.17) is 9.47 Å². The minimum atomic E-state index is -0.331. The molecule has 0 heterocycles. The molecule has 0 atom stereocenters. The summed E-state index contributed by atoms with van der Waals surface area (Å²) >= 11 is 0. The molecule has 0 aliphatic heterocycles. The Balaban J connectivity index is 1.59. The van der Waals surface area contributed by atoms with E-state index in [1.54, 1.807) is 24.3 Å². The Labute approximate surface area is 141 Å². The van der Waals surface area contributed by atoms with Gasteiger partial charge in [-0.2, -0.15) is 0 Å². The maximum Gasteiger partial charge on any atom is 0.308 e. The Bertz CT molecular complexity index is 791. The lowest BCUT2D eigenvalue weighted by Crippen LogP contribution is -2.01. The third-order valence-corrected chi connectivity index (χ3v) is 3.55. The second-order valence-electron chi connectivity index (χ2n) is 5.42. The molecule has 3 heteroatoms. The summed E-state index contributed by atoms with van der Waals surface area (Å²) in [6.45, 7) is 1.87. The zero-order chi connectivity index (χ0) is 16.8. The monoisotopic (exact) mass is 318 g/mol. The second kappa shape index (κ2) is 7.47. The van der Waals surface area contributed by atoms with Crippen LogP contribution >= 0.6 is 0 Å². The third kappa shape index (κ3) is 4.23. The van der Waals surface area contributed by atoms with Gasteiger partial charge in [0.25, 0.3) is 0 Å². The maximum absolute atomic E-state index is 10.9. The predicted molar refractivity (Wildman–Crippen MR) is 94.0 cm³/mol. The van der Waals surface area contributed by atoms with Crippen molar-refractivity contribution in [3.8, 4) is 22.6 Å². The van der Waals surface area contributed by atoms with Crippen LogP contribution < -0.4 is 9.47 Å². The van der Waals surface area contributed by atoms with Crippen LogP contribution in [0.5, 0.6) is 11.5 Å². The summed E-state index contributed by atoms with van der Waals surface area (Å²) in [4.78, 5) is 10.9. The summed E-state index contributed by atoms with van der Waals surface area (Å²) in [5, 5.41) is 0. The van der Waals surface area contributed by atoms with Crippen LogP contribution in [-0.4, -0.2) is 5.97 Å². The first-order valence-corrected chi connectivity index (χ1v) is 7.76. The molecule has 24 heavy (non-hydrogen) atoms. The molecular formula is C21H18O3. The molecule has 0 saturated carbocycles. The van der Waals surface area contributed by atoms with Gasteiger partial charge in [-0.25, -0.2) is 0 Å². The average molecular weight is 318 g/mol. The summed E-state index contributed by atoms with van der Waals surface area (Å²) in [6, 6.07) is 25.6. The summed E-state index contributed by atoms with van der Waals surface area (Å²) in [7, 11) is 0. The molecule has 0 N–H and O–H groups in total. The second-order valence-corrected chi connectivity index (χ2v) is 5.42. The number of carbonyl (C=O) groups excluding carboxylic acids is 1. The number of benzene rings is 3. The fourth-order valence-electron chi connectivity index (χ4n) is 2.36. The summed E-state index contributed by atoms with van der Waals surface area (Å²) in [5.74, 6) is 0.919. The zero-order valence-corrected chi connectivity index (χ0v) is 13.4. The van der Waals surface area contributed by atoms with Crippen LogP contribution in [-0.2, 0) is 11.4 Å². The lowest BCUT2D eigenvalue weighted by Gasteiger charge is -2.08. The topological polar surface area (TPSA) is 35.5 Å². The van der Waals surface area contributed by atoms with Crippen LogP contribution in [0.4, 0.5) is 0 Å². The molecule has 0 aliphatic rings. The zero-order valence-electron chi connectivity index (χ0n) is 13.4. The van der Waals surface area contributed by atoms with E-state index in [1.165, 1.54) is 18.1 Å². The van der Waals surface area contributed by atoms with Gasteiger partial charge in [0.1, 0.15) is 18.1 Å². The third-order valence-electron chi connectivity index (χ3n) is 3.55. The average Bonchev–Trinajstić information content (AvgIpc) is 2.62. The molecule has 0 amide bonds. The molecule has 0 radical (unpaired) electrons. The van der Waals surface area contributed by atoms with Gasteiger partial charge in [-0.1, -0.05) is 54.6 Å². The molecule has 3 nitrogen and oxygen atoms in total. The van der Waals surface area contributed by atoms with Crippen molar-refractivity contribution in [3.05, 3.63) is 84.4 Å². The SMILES string of the molecule is CC(=O)Oc1ccc(OCc2ccc(-c3ccccc3)cc2)cc1. The molecule has 0 unspecified atom stereocenters.